The fourth-order valence-electron chi connectivity index (χ4n) is 6.86. The average Bonchev–Trinajstić information content (AvgIpc) is 3.43. The average molecular weight is 582 g/mol. The third kappa shape index (κ3) is 4.76. The first kappa shape index (κ1) is 26.2. The summed E-state index contributed by atoms with van der Waals surface area (Å²) in [5.74, 6) is 0. The van der Waals surface area contributed by atoms with Crippen LogP contribution in [0.2, 0.25) is 26.4 Å². The zero-order valence-electron chi connectivity index (χ0n) is 22.3. The van der Waals surface area contributed by atoms with Crippen LogP contribution in [0.4, 0.5) is 0 Å². The van der Waals surface area contributed by atoms with Crippen molar-refractivity contribution in [2.45, 2.75) is 101 Å². The topological polar surface area (TPSA) is 9.23 Å². The molecule has 34 heavy (non-hydrogen) atoms. The van der Waals surface area contributed by atoms with Gasteiger partial charge >= 0.3 is 215 Å². The molecule has 3 heteroatoms. The Labute approximate surface area is 214 Å². The summed E-state index contributed by atoms with van der Waals surface area (Å²) in [5, 5.41) is 1.65. The van der Waals surface area contributed by atoms with Crippen LogP contribution in [0.5, 0.6) is 0 Å². The number of benzene rings is 2. The zero-order valence-corrected chi connectivity index (χ0v) is 26.2. The molecule has 1 nitrogen and oxygen atoms in total. The van der Waals surface area contributed by atoms with Crippen molar-refractivity contribution in [3.63, 3.8) is 0 Å². The Kier molecular flexibility index (Phi) is 8.52. The van der Waals surface area contributed by atoms with E-state index < -0.39 is 26.5 Å². The molecule has 2 atom stereocenters. The zero-order chi connectivity index (χ0) is 24.2. The predicted molar refractivity (Wildman–Crippen MR) is 153 cm³/mol. The van der Waals surface area contributed by atoms with Gasteiger partial charge in [0.05, 0.1) is 0 Å². The van der Waals surface area contributed by atoms with E-state index in [0.29, 0.717) is 0 Å². The number of hydrogen-bond acceptors (Lipinski definition) is 1. The summed E-state index contributed by atoms with van der Waals surface area (Å²) in [5.41, 5.74) is 4.67. The van der Waals surface area contributed by atoms with Crippen LogP contribution in [0.3, 0.4) is 0 Å². The van der Waals surface area contributed by atoms with Gasteiger partial charge in [-0.25, -0.2) is 0 Å². The monoisotopic (exact) mass is 582 g/mol. The van der Waals surface area contributed by atoms with Gasteiger partial charge in [0.15, 0.2) is 0 Å². The molecule has 0 saturated heterocycles. The third-order valence-electron chi connectivity index (χ3n) is 8.64. The molecule has 184 valence electrons. The van der Waals surface area contributed by atoms with Gasteiger partial charge in [0.1, 0.15) is 0 Å². The maximum atomic E-state index is 7.28. The van der Waals surface area contributed by atoms with Crippen molar-refractivity contribution in [1.82, 2.24) is 0 Å². The van der Waals surface area contributed by atoms with E-state index in [9.17, 15) is 0 Å². The van der Waals surface area contributed by atoms with Crippen molar-refractivity contribution in [2.24, 2.45) is 0 Å². The molecule has 0 spiro atoms. The van der Waals surface area contributed by atoms with Crippen molar-refractivity contribution in [3.8, 4) is 0 Å². The van der Waals surface area contributed by atoms with Crippen LogP contribution in [0.25, 0.3) is 0 Å². The Hall–Kier alpha value is -0.844. The Morgan fingerprint density at radius 1 is 0.824 bits per heavy atom. The molecule has 2 unspecified atom stereocenters. The van der Waals surface area contributed by atoms with Crippen LogP contribution in [0.15, 0.2) is 60.7 Å². The van der Waals surface area contributed by atoms with Gasteiger partial charge in [0.25, 0.3) is 0 Å². The van der Waals surface area contributed by atoms with Crippen LogP contribution in [0.1, 0.15) is 82.1 Å². The van der Waals surface area contributed by atoms with Gasteiger partial charge in [-0.05, 0) is 0 Å². The minimum absolute atomic E-state index is 0.0264. The van der Waals surface area contributed by atoms with Gasteiger partial charge in [0, 0.05) is 0 Å². The molecule has 0 radical (unpaired) electrons. The van der Waals surface area contributed by atoms with Gasteiger partial charge in [-0.1, -0.05) is 0 Å². The van der Waals surface area contributed by atoms with Gasteiger partial charge in [-0.2, -0.15) is 0 Å². The summed E-state index contributed by atoms with van der Waals surface area (Å²) in [6.07, 6.45) is 13.3. The van der Waals surface area contributed by atoms with E-state index in [1.807, 2.05) is 0 Å². The molecule has 0 saturated carbocycles. The normalized spacial score (nSPS) is 21.3. The van der Waals surface area contributed by atoms with Crippen molar-refractivity contribution in [2.75, 3.05) is 0 Å². The van der Waals surface area contributed by atoms with E-state index in [2.05, 4.69) is 94.5 Å². The molecule has 2 heterocycles. The molecular weight excluding hydrogens is 535 g/mol. The Morgan fingerprint density at radius 3 is 2.03 bits per heavy atom. The van der Waals surface area contributed by atoms with E-state index in [-0.39, 0.29) is 9.72 Å². The predicted octanol–water partition coefficient (Wildman–Crippen LogP) is 8.61. The van der Waals surface area contributed by atoms with Crippen LogP contribution >= 0.6 is 0 Å². The molecule has 2 aliphatic rings. The Balaban J connectivity index is 1.79. The van der Waals surface area contributed by atoms with E-state index in [1.54, 1.807) is 16.3 Å². The van der Waals surface area contributed by atoms with Crippen molar-refractivity contribution >= 4 is 31.6 Å². The number of ether oxygens (including phenoxy) is 1. The van der Waals surface area contributed by atoms with Crippen molar-refractivity contribution < 1.29 is 4.74 Å². The third-order valence-corrected chi connectivity index (χ3v) is 29.1. The molecule has 0 aliphatic carbocycles. The van der Waals surface area contributed by atoms with Crippen LogP contribution in [0, 0.1) is 0 Å². The standard InChI is InChI=1S/C19H19OSi.3C4H9.Sn/c1-21(2,13-14-7-4-3-5-8-14)18-10-6-9-15-16-11-12-17(20-16)19(15)18;3*1-3-4-2;/h3-12,17H,13H2,1-2H3;3*1,3-4H2,2H3;. The van der Waals surface area contributed by atoms with Gasteiger partial charge < -0.3 is 0 Å². The van der Waals surface area contributed by atoms with Crippen molar-refractivity contribution in [3.05, 3.63) is 77.4 Å². The number of fused-ring (bicyclic) bond motifs is 5. The van der Waals surface area contributed by atoms with Crippen molar-refractivity contribution in [1.29, 1.82) is 0 Å². The summed E-state index contributed by atoms with van der Waals surface area (Å²) >= 11 is -2.73. The number of rotatable bonds is 13. The molecule has 0 fully saturated rings. The second kappa shape index (κ2) is 11.0. The van der Waals surface area contributed by atoms with E-state index in [1.165, 1.54) is 63.4 Å². The first-order valence-corrected chi connectivity index (χ1v) is 24.7. The fourth-order valence-corrected chi connectivity index (χ4v) is 28.6. The summed E-state index contributed by atoms with van der Waals surface area (Å²) in [4.78, 5) is 0. The second-order valence-corrected chi connectivity index (χ2v) is 29.9. The fraction of sp³-hybridized carbons (Fsp3) is 0.548. The maximum absolute atomic E-state index is 7.28. The molecule has 2 aliphatic heterocycles. The van der Waals surface area contributed by atoms with Crippen LogP contribution in [-0.2, 0) is 14.4 Å². The molecule has 0 aromatic heterocycles. The number of unbranched alkanes of at least 4 members (excludes halogenated alkanes) is 3. The molecule has 0 amide bonds. The summed E-state index contributed by atoms with van der Waals surface area (Å²) in [7, 11) is -1.67. The Bertz CT molecular complexity index is 960. The van der Waals surface area contributed by atoms with Gasteiger partial charge in [0.2, 0.25) is 0 Å². The first-order chi connectivity index (χ1) is 16.4. The molecule has 2 bridgehead atoms. The second-order valence-electron chi connectivity index (χ2n) is 11.5. The van der Waals surface area contributed by atoms with Gasteiger partial charge in [-0.3, -0.25) is 0 Å². The van der Waals surface area contributed by atoms with E-state index in [0.717, 1.165) is 0 Å². The SMILES string of the molecule is CCC[CH2][Sn]([CH2]CCC)([CH2]CCC)[C]12C=CC(O1)c1c2cccc1[Si](C)(C)Cc1ccccc1. The van der Waals surface area contributed by atoms with Crippen LogP contribution in [-0.4, -0.2) is 26.5 Å². The summed E-state index contributed by atoms with van der Waals surface area (Å²) in [6, 6.07) is 19.6. The molecule has 0 N–H and O–H groups in total. The molecular formula is C31H46OSiSn. The molecule has 2 aromatic rings. The van der Waals surface area contributed by atoms with E-state index >= 15 is 0 Å². The first-order valence-electron chi connectivity index (χ1n) is 14.0. The minimum atomic E-state index is -2.73. The van der Waals surface area contributed by atoms with Crippen LogP contribution < -0.4 is 5.19 Å². The molecule has 4 rings (SSSR count). The van der Waals surface area contributed by atoms with E-state index in [4.69, 9.17) is 4.74 Å². The summed E-state index contributed by atoms with van der Waals surface area (Å²) in [6.45, 7) is 12.3. The van der Waals surface area contributed by atoms with Gasteiger partial charge in [-0.15, -0.1) is 0 Å². The Morgan fingerprint density at radius 2 is 1.44 bits per heavy atom. The number of hydrogen-bond donors (Lipinski definition) is 0. The molecule has 2 aromatic carbocycles. The quantitative estimate of drug-likeness (QED) is 0.170. The summed E-state index contributed by atoms with van der Waals surface area (Å²) < 4.78 is 11.7.